The third-order valence-electron chi connectivity index (χ3n) is 2.66. The fraction of sp³-hybridized carbons (Fsp3) is 0.167. The molecular formula is C12H13FNO2S2+. The van der Waals surface area contributed by atoms with Crippen LogP contribution in [0.3, 0.4) is 0 Å². The van der Waals surface area contributed by atoms with Gasteiger partial charge >= 0.3 is 0 Å². The quantitative estimate of drug-likeness (QED) is 0.929. The van der Waals surface area contributed by atoms with E-state index in [1.54, 1.807) is 17.5 Å². The van der Waals surface area contributed by atoms with Crippen LogP contribution >= 0.6 is 11.3 Å². The highest BCUT2D eigenvalue weighted by atomic mass is 32.2. The van der Waals surface area contributed by atoms with Gasteiger partial charge in [-0.2, -0.15) is 0 Å². The molecule has 0 bridgehead atoms. The van der Waals surface area contributed by atoms with Gasteiger partial charge in [-0.3, -0.25) is 0 Å². The Kier molecular flexibility index (Phi) is 3.79. The molecule has 1 aromatic heterocycles. The van der Waals surface area contributed by atoms with Gasteiger partial charge in [0.15, 0.2) is 9.84 Å². The summed E-state index contributed by atoms with van der Waals surface area (Å²) in [5.74, 6) is -0.508. The van der Waals surface area contributed by atoms with E-state index >= 15 is 0 Å². The Morgan fingerprint density at radius 1 is 1.22 bits per heavy atom. The van der Waals surface area contributed by atoms with Crippen molar-refractivity contribution in [3.63, 3.8) is 0 Å². The molecule has 1 aromatic carbocycles. The van der Waals surface area contributed by atoms with Gasteiger partial charge in [-0.15, -0.1) is 11.3 Å². The second kappa shape index (κ2) is 5.17. The Morgan fingerprint density at radius 3 is 2.50 bits per heavy atom. The van der Waals surface area contributed by atoms with Crippen molar-refractivity contribution < 1.29 is 18.5 Å². The van der Waals surface area contributed by atoms with E-state index in [0.29, 0.717) is 0 Å². The number of benzene rings is 1. The molecule has 18 heavy (non-hydrogen) atoms. The number of rotatable bonds is 4. The zero-order chi connectivity index (χ0) is 13.2. The Balaban J connectivity index is 2.51. The van der Waals surface area contributed by atoms with Crippen molar-refractivity contribution in [1.29, 1.82) is 0 Å². The van der Waals surface area contributed by atoms with Crippen molar-refractivity contribution in [3.05, 3.63) is 53.2 Å². The Hall–Kier alpha value is -1.24. The summed E-state index contributed by atoms with van der Waals surface area (Å²) in [5.41, 5.74) is 3.82. The minimum Gasteiger partial charge on any atom is -0.356 e. The van der Waals surface area contributed by atoms with Gasteiger partial charge in [-0.1, -0.05) is 24.3 Å². The first-order valence-corrected chi connectivity index (χ1v) is 7.81. The van der Waals surface area contributed by atoms with E-state index in [1.165, 1.54) is 24.3 Å². The van der Waals surface area contributed by atoms with Crippen LogP contribution in [0.5, 0.6) is 0 Å². The second-order valence-corrected chi connectivity index (χ2v) is 7.08. The van der Waals surface area contributed by atoms with Crippen LogP contribution in [0.25, 0.3) is 0 Å². The first kappa shape index (κ1) is 13.2. The van der Waals surface area contributed by atoms with Crippen molar-refractivity contribution in [1.82, 2.24) is 0 Å². The Morgan fingerprint density at radius 2 is 1.94 bits per heavy atom. The first-order chi connectivity index (χ1) is 8.57. The average Bonchev–Trinajstić information content (AvgIpc) is 2.86. The van der Waals surface area contributed by atoms with Gasteiger partial charge < -0.3 is 5.73 Å². The molecule has 1 atom stereocenters. The molecule has 0 amide bonds. The summed E-state index contributed by atoms with van der Waals surface area (Å²) in [6.45, 7) is 0.0984. The third-order valence-corrected chi connectivity index (χ3v) is 6.25. The van der Waals surface area contributed by atoms with E-state index in [2.05, 4.69) is 5.73 Å². The molecule has 0 fully saturated rings. The Bertz CT molecular complexity index is 623. The molecule has 2 rings (SSSR count). The van der Waals surface area contributed by atoms with E-state index < -0.39 is 20.9 Å². The summed E-state index contributed by atoms with van der Waals surface area (Å²) in [7, 11) is -3.57. The molecule has 0 saturated heterocycles. The van der Waals surface area contributed by atoms with Crippen molar-refractivity contribution in [2.24, 2.45) is 0 Å². The molecule has 0 unspecified atom stereocenters. The molecule has 6 heteroatoms. The van der Waals surface area contributed by atoms with Gasteiger partial charge in [0.05, 0.1) is 6.54 Å². The van der Waals surface area contributed by atoms with Gasteiger partial charge in [0.2, 0.25) is 0 Å². The highest BCUT2D eigenvalue weighted by Gasteiger charge is 2.32. The van der Waals surface area contributed by atoms with Crippen LogP contribution in [0.1, 0.15) is 10.8 Å². The van der Waals surface area contributed by atoms with Gasteiger partial charge in [0, 0.05) is 5.56 Å². The fourth-order valence-electron chi connectivity index (χ4n) is 1.78. The normalized spacial score (nSPS) is 13.4. The lowest BCUT2D eigenvalue weighted by Gasteiger charge is -2.14. The number of halogens is 1. The molecule has 0 spiro atoms. The minimum atomic E-state index is -3.57. The molecule has 96 valence electrons. The minimum absolute atomic E-state index is 0.0984. The molecule has 0 radical (unpaired) electrons. The maximum absolute atomic E-state index is 13.7. The predicted octanol–water partition coefficient (Wildman–Crippen LogP) is 1.64. The molecule has 0 saturated carbocycles. The highest BCUT2D eigenvalue weighted by Crippen LogP contribution is 2.31. The summed E-state index contributed by atoms with van der Waals surface area (Å²) in [5, 5.41) is 0.756. The zero-order valence-corrected chi connectivity index (χ0v) is 11.2. The van der Waals surface area contributed by atoms with E-state index in [4.69, 9.17) is 0 Å². The van der Waals surface area contributed by atoms with Crippen LogP contribution in [0, 0.1) is 5.82 Å². The third kappa shape index (κ3) is 2.31. The smallest absolute Gasteiger partial charge is 0.200 e. The SMILES string of the molecule is [NH3+]C[C@H](c1ccccc1F)S(=O)(=O)c1cccs1. The summed E-state index contributed by atoms with van der Waals surface area (Å²) < 4.78 is 38.7. The largest absolute Gasteiger partial charge is 0.356 e. The first-order valence-electron chi connectivity index (χ1n) is 5.38. The second-order valence-electron chi connectivity index (χ2n) is 3.78. The van der Waals surface area contributed by atoms with Crippen LogP contribution in [0.4, 0.5) is 4.39 Å². The number of thiophene rings is 1. The monoisotopic (exact) mass is 286 g/mol. The molecule has 0 aliphatic carbocycles. The lowest BCUT2D eigenvalue weighted by Crippen LogP contribution is -2.54. The molecule has 0 aliphatic rings. The van der Waals surface area contributed by atoms with Crippen LogP contribution in [-0.2, 0) is 9.84 Å². The molecule has 2 aromatic rings. The van der Waals surface area contributed by atoms with Crippen molar-refractivity contribution >= 4 is 21.2 Å². The summed E-state index contributed by atoms with van der Waals surface area (Å²) >= 11 is 1.14. The maximum Gasteiger partial charge on any atom is 0.200 e. The molecular weight excluding hydrogens is 273 g/mol. The lowest BCUT2D eigenvalue weighted by atomic mass is 10.1. The van der Waals surface area contributed by atoms with Gasteiger partial charge in [0.25, 0.3) is 0 Å². The standard InChI is InChI=1S/C12H12FNO2S2/c13-10-5-2-1-4-9(10)11(8-14)18(15,16)12-6-3-7-17-12/h1-7,11H,8,14H2/p+1/t11-/m1/s1. The summed E-state index contributed by atoms with van der Waals surface area (Å²) in [4.78, 5) is 0. The van der Waals surface area contributed by atoms with Gasteiger partial charge in [-0.05, 0) is 17.5 Å². The molecule has 3 N–H and O–H groups in total. The number of sulfone groups is 1. The Labute approximate surface area is 109 Å². The topological polar surface area (TPSA) is 61.8 Å². The maximum atomic E-state index is 13.7. The van der Waals surface area contributed by atoms with Crippen LogP contribution in [0.15, 0.2) is 46.0 Å². The summed E-state index contributed by atoms with van der Waals surface area (Å²) in [6, 6.07) is 9.13. The molecule has 1 heterocycles. The van der Waals surface area contributed by atoms with Crippen LogP contribution < -0.4 is 5.73 Å². The molecule has 0 aliphatic heterocycles. The fourth-order valence-corrected chi connectivity index (χ4v) is 4.66. The van der Waals surface area contributed by atoms with E-state index in [0.717, 1.165) is 11.3 Å². The summed E-state index contributed by atoms with van der Waals surface area (Å²) in [6.07, 6.45) is 0. The van der Waals surface area contributed by atoms with E-state index in [9.17, 15) is 12.8 Å². The average molecular weight is 286 g/mol. The van der Waals surface area contributed by atoms with Gasteiger partial charge in [-0.25, -0.2) is 12.8 Å². The van der Waals surface area contributed by atoms with Crippen LogP contribution in [0.2, 0.25) is 0 Å². The van der Waals surface area contributed by atoms with Crippen molar-refractivity contribution in [2.75, 3.05) is 6.54 Å². The zero-order valence-electron chi connectivity index (χ0n) is 9.54. The van der Waals surface area contributed by atoms with Crippen molar-refractivity contribution in [3.8, 4) is 0 Å². The van der Waals surface area contributed by atoms with Crippen molar-refractivity contribution in [2.45, 2.75) is 9.46 Å². The van der Waals surface area contributed by atoms with E-state index in [-0.39, 0.29) is 16.3 Å². The number of hydrogen-bond donors (Lipinski definition) is 1. The molecule has 3 nitrogen and oxygen atoms in total. The highest BCUT2D eigenvalue weighted by molar-refractivity contribution is 7.93. The predicted molar refractivity (Wildman–Crippen MR) is 68.4 cm³/mol. The van der Waals surface area contributed by atoms with Gasteiger partial charge in [0.1, 0.15) is 15.3 Å². The number of hydrogen-bond acceptors (Lipinski definition) is 3. The number of quaternary nitrogens is 1. The van der Waals surface area contributed by atoms with Crippen LogP contribution in [-0.4, -0.2) is 15.0 Å². The van der Waals surface area contributed by atoms with E-state index in [1.807, 2.05) is 0 Å². The lowest BCUT2D eigenvalue weighted by molar-refractivity contribution is -0.367.